The normalized spacial score (nSPS) is 15.9. The molecule has 1 heterocycles. The summed E-state index contributed by atoms with van der Waals surface area (Å²) < 4.78 is 22.6. The zero-order chi connectivity index (χ0) is 19.6. The van der Waals surface area contributed by atoms with Crippen LogP contribution >= 0.6 is 0 Å². The summed E-state index contributed by atoms with van der Waals surface area (Å²) in [5, 5.41) is 7.78. The minimum absolute atomic E-state index is 0.0328. The van der Waals surface area contributed by atoms with E-state index in [1.54, 1.807) is 6.20 Å². The fourth-order valence-electron chi connectivity index (χ4n) is 3.03. The first-order valence-corrected chi connectivity index (χ1v) is 9.79. The lowest BCUT2D eigenvalue weighted by molar-refractivity contribution is -0.129. The van der Waals surface area contributed by atoms with Gasteiger partial charge in [-0.05, 0) is 41.5 Å². The first-order chi connectivity index (χ1) is 12.8. The fourth-order valence-corrected chi connectivity index (χ4v) is 3.54. The summed E-state index contributed by atoms with van der Waals surface area (Å²) in [5.41, 5.74) is 2.31. The van der Waals surface area contributed by atoms with Gasteiger partial charge >= 0.3 is 0 Å². The molecule has 0 spiro atoms. The number of primary sulfonamides is 1. The van der Waals surface area contributed by atoms with E-state index in [0.717, 1.165) is 11.1 Å². The Kier molecular flexibility index (Phi) is 5.11. The molecule has 2 aromatic rings. The molecule has 3 N–H and O–H groups in total. The van der Waals surface area contributed by atoms with Gasteiger partial charge in [-0.1, -0.05) is 24.3 Å². The Hall–Kier alpha value is -2.97. The van der Waals surface area contributed by atoms with Crippen molar-refractivity contribution in [3.63, 3.8) is 0 Å². The minimum Gasteiger partial charge on any atom is -0.326 e. The highest BCUT2D eigenvalue weighted by Gasteiger charge is 2.28. The SMILES string of the molecule is CC(=O)N1C=Cc2ccccc2[C@H]1CC(=O)Nc1ccc(S(N)(=O)=O)cc1. The molecule has 2 amide bonds. The molecule has 1 aliphatic rings. The Morgan fingerprint density at radius 2 is 1.78 bits per heavy atom. The highest BCUT2D eigenvalue weighted by atomic mass is 32.2. The maximum atomic E-state index is 12.5. The number of rotatable bonds is 4. The smallest absolute Gasteiger partial charge is 0.238 e. The van der Waals surface area contributed by atoms with Crippen molar-refractivity contribution in [3.05, 3.63) is 65.9 Å². The van der Waals surface area contributed by atoms with Crippen LogP contribution in [-0.4, -0.2) is 25.1 Å². The number of carbonyl (C=O) groups is 2. The molecule has 0 aliphatic carbocycles. The summed E-state index contributed by atoms with van der Waals surface area (Å²) in [6, 6.07) is 12.8. The predicted octanol–water partition coefficient (Wildman–Crippen LogP) is 2.24. The van der Waals surface area contributed by atoms with Gasteiger partial charge in [-0.15, -0.1) is 0 Å². The van der Waals surface area contributed by atoms with Crippen LogP contribution in [0.3, 0.4) is 0 Å². The molecule has 1 aliphatic heterocycles. The van der Waals surface area contributed by atoms with E-state index in [4.69, 9.17) is 5.14 Å². The fraction of sp³-hybridized carbons (Fsp3) is 0.158. The van der Waals surface area contributed by atoms with Crippen LogP contribution in [0, 0.1) is 0 Å². The molecule has 0 saturated heterocycles. The van der Waals surface area contributed by atoms with Gasteiger partial charge in [0.15, 0.2) is 0 Å². The molecule has 0 unspecified atom stereocenters. The first-order valence-electron chi connectivity index (χ1n) is 8.24. The Bertz CT molecular complexity index is 1010. The number of nitrogens with two attached hydrogens (primary N) is 1. The van der Waals surface area contributed by atoms with Crippen LogP contribution in [0.2, 0.25) is 0 Å². The average molecular weight is 385 g/mol. The lowest BCUT2D eigenvalue weighted by Gasteiger charge is -2.32. The molecule has 7 nitrogen and oxygen atoms in total. The van der Waals surface area contributed by atoms with E-state index in [2.05, 4.69) is 5.32 Å². The van der Waals surface area contributed by atoms with Gasteiger partial charge in [0.1, 0.15) is 0 Å². The standard InChI is InChI=1S/C19H19N3O4S/c1-13(23)22-11-10-14-4-2-3-5-17(14)18(22)12-19(24)21-15-6-8-16(9-7-15)27(20,25)26/h2-11,18H,12H2,1H3,(H,21,24)(H2,20,25,26)/t18-/m1/s1. The molecule has 0 saturated carbocycles. The largest absolute Gasteiger partial charge is 0.326 e. The quantitative estimate of drug-likeness (QED) is 0.841. The third kappa shape index (κ3) is 4.24. The van der Waals surface area contributed by atoms with Crippen molar-refractivity contribution in [1.82, 2.24) is 4.90 Å². The summed E-state index contributed by atoms with van der Waals surface area (Å²) in [6.07, 6.45) is 3.60. The number of fused-ring (bicyclic) bond motifs is 1. The first kappa shape index (κ1) is 18.8. The van der Waals surface area contributed by atoms with Crippen LogP contribution in [0.15, 0.2) is 59.6 Å². The average Bonchev–Trinajstić information content (AvgIpc) is 2.61. The highest BCUT2D eigenvalue weighted by molar-refractivity contribution is 7.89. The van der Waals surface area contributed by atoms with Crippen LogP contribution < -0.4 is 10.5 Å². The molecule has 0 radical (unpaired) electrons. The van der Waals surface area contributed by atoms with Crippen LogP contribution in [-0.2, 0) is 19.6 Å². The van der Waals surface area contributed by atoms with Crippen molar-refractivity contribution in [3.8, 4) is 0 Å². The van der Waals surface area contributed by atoms with Crippen molar-refractivity contribution in [1.29, 1.82) is 0 Å². The van der Waals surface area contributed by atoms with Gasteiger partial charge in [0, 0.05) is 18.8 Å². The number of amides is 2. The summed E-state index contributed by atoms with van der Waals surface area (Å²) in [6.45, 7) is 1.45. The van der Waals surface area contributed by atoms with E-state index >= 15 is 0 Å². The Balaban J connectivity index is 1.77. The van der Waals surface area contributed by atoms with Gasteiger partial charge in [-0.3, -0.25) is 9.59 Å². The number of nitrogens with zero attached hydrogens (tertiary/aromatic N) is 1. The number of anilines is 1. The van der Waals surface area contributed by atoms with E-state index in [-0.39, 0.29) is 23.1 Å². The molecule has 0 bridgehead atoms. The number of sulfonamides is 1. The van der Waals surface area contributed by atoms with Crippen molar-refractivity contribution in [2.75, 3.05) is 5.32 Å². The molecule has 27 heavy (non-hydrogen) atoms. The molecule has 0 aromatic heterocycles. The molecule has 3 rings (SSSR count). The van der Waals surface area contributed by atoms with Crippen molar-refractivity contribution >= 4 is 33.6 Å². The van der Waals surface area contributed by atoms with Crippen molar-refractivity contribution < 1.29 is 18.0 Å². The van der Waals surface area contributed by atoms with Gasteiger partial charge in [-0.2, -0.15) is 0 Å². The summed E-state index contributed by atoms with van der Waals surface area (Å²) in [5.74, 6) is -0.448. The monoisotopic (exact) mass is 385 g/mol. The maximum Gasteiger partial charge on any atom is 0.238 e. The highest BCUT2D eigenvalue weighted by Crippen LogP contribution is 2.33. The van der Waals surface area contributed by atoms with Crippen molar-refractivity contribution in [2.45, 2.75) is 24.3 Å². The van der Waals surface area contributed by atoms with Gasteiger partial charge < -0.3 is 10.2 Å². The molecule has 2 aromatic carbocycles. The van der Waals surface area contributed by atoms with Crippen LogP contribution in [0.25, 0.3) is 6.08 Å². The third-order valence-electron chi connectivity index (χ3n) is 4.31. The topological polar surface area (TPSA) is 110 Å². The second kappa shape index (κ2) is 7.34. The molecule has 1 atom stereocenters. The molecular formula is C19H19N3O4S. The second-order valence-electron chi connectivity index (χ2n) is 6.21. The van der Waals surface area contributed by atoms with E-state index in [9.17, 15) is 18.0 Å². The lowest BCUT2D eigenvalue weighted by atomic mass is 9.93. The Morgan fingerprint density at radius 3 is 2.41 bits per heavy atom. The van der Waals surface area contributed by atoms with E-state index in [0.29, 0.717) is 5.69 Å². The number of hydrogen-bond acceptors (Lipinski definition) is 4. The lowest BCUT2D eigenvalue weighted by Crippen LogP contribution is -2.33. The zero-order valence-corrected chi connectivity index (χ0v) is 15.4. The maximum absolute atomic E-state index is 12.5. The minimum atomic E-state index is -3.79. The van der Waals surface area contributed by atoms with Gasteiger partial charge in [0.2, 0.25) is 21.8 Å². The Labute approximate surface area is 157 Å². The number of carbonyl (C=O) groups excluding carboxylic acids is 2. The van der Waals surface area contributed by atoms with Crippen LogP contribution in [0.1, 0.15) is 30.5 Å². The second-order valence-corrected chi connectivity index (χ2v) is 7.77. The predicted molar refractivity (Wildman–Crippen MR) is 102 cm³/mol. The van der Waals surface area contributed by atoms with E-state index < -0.39 is 16.1 Å². The van der Waals surface area contributed by atoms with Gasteiger partial charge in [-0.25, -0.2) is 13.6 Å². The molecule has 140 valence electrons. The number of hydrogen-bond donors (Lipinski definition) is 2. The van der Waals surface area contributed by atoms with Gasteiger partial charge in [0.25, 0.3) is 0 Å². The van der Waals surface area contributed by atoms with E-state index in [1.165, 1.54) is 36.1 Å². The van der Waals surface area contributed by atoms with Crippen LogP contribution in [0.5, 0.6) is 0 Å². The number of nitrogens with one attached hydrogen (secondary N) is 1. The summed E-state index contributed by atoms with van der Waals surface area (Å²) in [7, 11) is -3.79. The summed E-state index contributed by atoms with van der Waals surface area (Å²) >= 11 is 0. The zero-order valence-electron chi connectivity index (χ0n) is 14.6. The molecule has 0 fully saturated rings. The van der Waals surface area contributed by atoms with Gasteiger partial charge in [0.05, 0.1) is 17.4 Å². The summed E-state index contributed by atoms with van der Waals surface area (Å²) in [4.78, 5) is 26.0. The van der Waals surface area contributed by atoms with Crippen LogP contribution in [0.4, 0.5) is 5.69 Å². The Morgan fingerprint density at radius 1 is 1.11 bits per heavy atom. The number of benzene rings is 2. The third-order valence-corrected chi connectivity index (χ3v) is 5.24. The molecular weight excluding hydrogens is 366 g/mol. The van der Waals surface area contributed by atoms with Crippen molar-refractivity contribution in [2.24, 2.45) is 5.14 Å². The van der Waals surface area contributed by atoms with E-state index in [1.807, 2.05) is 30.3 Å². The molecule has 8 heteroatoms.